The molecule has 76 valence electrons. The van der Waals surface area contributed by atoms with E-state index in [2.05, 4.69) is 5.32 Å². The van der Waals surface area contributed by atoms with Crippen molar-refractivity contribution in [3.8, 4) is 0 Å². The van der Waals surface area contributed by atoms with Crippen LogP contribution in [0.15, 0.2) is 0 Å². The molecule has 0 radical (unpaired) electrons. The van der Waals surface area contributed by atoms with Gasteiger partial charge in [-0.25, -0.2) is 0 Å². The molecule has 1 aliphatic heterocycles. The van der Waals surface area contributed by atoms with E-state index in [1.165, 1.54) is 0 Å². The molecule has 1 saturated heterocycles. The number of carbonyl (C=O) groups is 1. The number of hydrogen-bond donors (Lipinski definition) is 1. The summed E-state index contributed by atoms with van der Waals surface area (Å²) >= 11 is 0. The van der Waals surface area contributed by atoms with Crippen LogP contribution in [0.5, 0.6) is 0 Å². The van der Waals surface area contributed by atoms with Gasteiger partial charge in [-0.1, -0.05) is 0 Å². The second-order valence-corrected chi connectivity index (χ2v) is 3.62. The van der Waals surface area contributed by atoms with E-state index in [4.69, 9.17) is 4.74 Å². The van der Waals surface area contributed by atoms with Crippen LogP contribution in [0.4, 0.5) is 0 Å². The van der Waals surface area contributed by atoms with Gasteiger partial charge in [-0.2, -0.15) is 0 Å². The van der Waals surface area contributed by atoms with Crippen molar-refractivity contribution in [2.24, 2.45) is 0 Å². The third-order valence-corrected chi connectivity index (χ3v) is 2.13. The second-order valence-electron chi connectivity index (χ2n) is 3.62. The van der Waals surface area contributed by atoms with Crippen molar-refractivity contribution >= 4 is 5.97 Å². The summed E-state index contributed by atoms with van der Waals surface area (Å²) < 4.78 is 5.09. The third kappa shape index (κ3) is 3.74. The molecule has 1 atom stereocenters. The number of hydrogen-bond acceptors (Lipinski definition) is 4. The lowest BCUT2D eigenvalue weighted by Crippen LogP contribution is -2.33. The first kappa shape index (κ1) is 10.5. The van der Waals surface area contributed by atoms with Gasteiger partial charge in [-0.15, -0.1) is 0 Å². The molecule has 0 amide bonds. The summed E-state index contributed by atoms with van der Waals surface area (Å²) in [5.74, 6) is -0.0978. The molecule has 1 N–H and O–H groups in total. The molecular weight excluding hydrogens is 168 g/mol. The number of nitrogens with one attached hydrogen (secondary N) is 1. The number of ether oxygens (including phenoxy) is 1. The molecule has 0 aromatic heterocycles. The Hall–Kier alpha value is -0.610. The smallest absolute Gasteiger partial charge is 0.323 e. The van der Waals surface area contributed by atoms with Gasteiger partial charge in [0.15, 0.2) is 0 Å². The van der Waals surface area contributed by atoms with Crippen molar-refractivity contribution in [1.82, 2.24) is 10.2 Å². The molecule has 4 nitrogen and oxygen atoms in total. The van der Waals surface area contributed by atoms with Crippen LogP contribution >= 0.6 is 0 Å². The highest BCUT2D eigenvalue weighted by Crippen LogP contribution is 2.06. The van der Waals surface area contributed by atoms with Crippen LogP contribution in [-0.4, -0.2) is 50.7 Å². The summed E-state index contributed by atoms with van der Waals surface area (Å²) in [7, 11) is 3.92. The maximum atomic E-state index is 11.3. The average molecular weight is 186 g/mol. The van der Waals surface area contributed by atoms with Crippen LogP contribution in [0, 0.1) is 0 Å². The van der Waals surface area contributed by atoms with Gasteiger partial charge in [0.25, 0.3) is 0 Å². The van der Waals surface area contributed by atoms with E-state index >= 15 is 0 Å². The minimum Gasteiger partial charge on any atom is -0.463 e. The highest BCUT2D eigenvalue weighted by atomic mass is 16.5. The zero-order chi connectivity index (χ0) is 9.68. The minimum absolute atomic E-state index is 0.0536. The summed E-state index contributed by atoms with van der Waals surface area (Å²) in [6.07, 6.45) is 1.99. The fourth-order valence-corrected chi connectivity index (χ4v) is 1.32. The first-order valence-corrected chi connectivity index (χ1v) is 4.75. The van der Waals surface area contributed by atoms with Crippen LogP contribution in [0.2, 0.25) is 0 Å². The molecule has 1 heterocycles. The molecule has 0 aromatic rings. The molecule has 0 aliphatic carbocycles. The maximum absolute atomic E-state index is 11.3. The molecule has 0 spiro atoms. The zero-order valence-corrected chi connectivity index (χ0v) is 8.38. The lowest BCUT2D eigenvalue weighted by molar-refractivity contribution is -0.146. The predicted molar refractivity (Wildman–Crippen MR) is 50.5 cm³/mol. The molecule has 0 bridgehead atoms. The van der Waals surface area contributed by atoms with E-state index in [1.54, 1.807) is 0 Å². The van der Waals surface area contributed by atoms with Crippen molar-refractivity contribution < 1.29 is 9.53 Å². The number of rotatable bonds is 4. The van der Waals surface area contributed by atoms with E-state index in [0.717, 1.165) is 25.9 Å². The van der Waals surface area contributed by atoms with Crippen LogP contribution in [0.25, 0.3) is 0 Å². The van der Waals surface area contributed by atoms with E-state index in [0.29, 0.717) is 6.61 Å². The minimum atomic E-state index is -0.0978. The normalized spacial score (nSPS) is 22.2. The Morgan fingerprint density at radius 3 is 2.92 bits per heavy atom. The van der Waals surface area contributed by atoms with Crippen molar-refractivity contribution in [3.63, 3.8) is 0 Å². The van der Waals surface area contributed by atoms with Gasteiger partial charge in [0.1, 0.15) is 12.6 Å². The highest BCUT2D eigenvalue weighted by Gasteiger charge is 2.22. The van der Waals surface area contributed by atoms with Crippen molar-refractivity contribution in [2.75, 3.05) is 33.8 Å². The van der Waals surface area contributed by atoms with E-state index in [1.807, 2.05) is 19.0 Å². The maximum Gasteiger partial charge on any atom is 0.323 e. The molecule has 1 rings (SSSR count). The number of nitrogens with zero attached hydrogens (tertiary/aromatic N) is 1. The molecule has 1 fully saturated rings. The molecule has 1 aliphatic rings. The van der Waals surface area contributed by atoms with Crippen LogP contribution < -0.4 is 5.32 Å². The van der Waals surface area contributed by atoms with E-state index < -0.39 is 0 Å². The Morgan fingerprint density at radius 1 is 1.62 bits per heavy atom. The molecule has 0 saturated carbocycles. The van der Waals surface area contributed by atoms with Gasteiger partial charge < -0.3 is 15.0 Å². The van der Waals surface area contributed by atoms with Gasteiger partial charge >= 0.3 is 5.97 Å². The summed E-state index contributed by atoms with van der Waals surface area (Å²) in [5, 5.41) is 3.11. The topological polar surface area (TPSA) is 41.6 Å². The highest BCUT2D eigenvalue weighted by molar-refractivity contribution is 5.76. The monoisotopic (exact) mass is 186 g/mol. The summed E-state index contributed by atoms with van der Waals surface area (Å²) in [4.78, 5) is 13.3. The largest absolute Gasteiger partial charge is 0.463 e. The summed E-state index contributed by atoms with van der Waals surface area (Å²) in [6.45, 7) is 2.22. The number of likely N-dealkylation sites (N-methyl/N-ethyl adjacent to an activating group) is 1. The zero-order valence-electron chi connectivity index (χ0n) is 8.38. The molecule has 13 heavy (non-hydrogen) atoms. The molecule has 0 unspecified atom stereocenters. The van der Waals surface area contributed by atoms with Gasteiger partial charge in [0, 0.05) is 6.54 Å². The lowest BCUT2D eigenvalue weighted by atomic mass is 10.2. The first-order chi connectivity index (χ1) is 6.20. The van der Waals surface area contributed by atoms with Crippen molar-refractivity contribution in [1.29, 1.82) is 0 Å². The molecular formula is C9H18N2O2. The van der Waals surface area contributed by atoms with Crippen molar-refractivity contribution in [2.45, 2.75) is 18.9 Å². The lowest BCUT2D eigenvalue weighted by Gasteiger charge is -2.12. The van der Waals surface area contributed by atoms with Gasteiger partial charge in [-0.05, 0) is 33.5 Å². The van der Waals surface area contributed by atoms with Gasteiger partial charge in [-0.3, -0.25) is 4.79 Å². The van der Waals surface area contributed by atoms with Crippen LogP contribution in [0.1, 0.15) is 12.8 Å². The standard InChI is InChI=1S/C9H18N2O2/c1-11(2)6-7-13-9(12)8-4-3-5-10-8/h8,10H,3-7H2,1-2H3/t8-/m0/s1. The van der Waals surface area contributed by atoms with E-state index in [9.17, 15) is 4.79 Å². The Balaban J connectivity index is 2.10. The number of esters is 1. The Bertz CT molecular complexity index is 165. The summed E-state index contributed by atoms with van der Waals surface area (Å²) in [5.41, 5.74) is 0. The van der Waals surface area contributed by atoms with Crippen LogP contribution in [-0.2, 0) is 9.53 Å². The average Bonchev–Trinajstić information content (AvgIpc) is 2.55. The van der Waals surface area contributed by atoms with Gasteiger partial charge in [0.2, 0.25) is 0 Å². The Kier molecular flexibility index (Phi) is 4.18. The fourth-order valence-electron chi connectivity index (χ4n) is 1.32. The summed E-state index contributed by atoms with van der Waals surface area (Å²) in [6, 6.07) is -0.0536. The Labute approximate surface area is 79.2 Å². The Morgan fingerprint density at radius 2 is 2.38 bits per heavy atom. The van der Waals surface area contributed by atoms with Crippen LogP contribution in [0.3, 0.4) is 0 Å². The first-order valence-electron chi connectivity index (χ1n) is 4.75. The van der Waals surface area contributed by atoms with Crippen molar-refractivity contribution in [3.05, 3.63) is 0 Å². The predicted octanol–water partition coefficient (Wildman–Crippen LogP) is -0.157. The quantitative estimate of drug-likeness (QED) is 0.620. The third-order valence-electron chi connectivity index (χ3n) is 2.13. The second kappa shape index (κ2) is 5.19. The SMILES string of the molecule is CN(C)CCOC(=O)[C@@H]1CCCN1. The fraction of sp³-hybridized carbons (Fsp3) is 0.889. The molecule has 0 aromatic carbocycles. The van der Waals surface area contributed by atoms with Gasteiger partial charge in [0.05, 0.1) is 0 Å². The molecule has 4 heteroatoms. The van der Waals surface area contributed by atoms with E-state index in [-0.39, 0.29) is 12.0 Å². The number of carbonyl (C=O) groups excluding carboxylic acids is 1.